The topological polar surface area (TPSA) is 160 Å². The number of nitrogens with one attached hydrogen (secondary N) is 2. The van der Waals surface area contributed by atoms with Gasteiger partial charge in [-0.15, -0.1) is 10.2 Å². The molecule has 0 bridgehead atoms. The van der Waals surface area contributed by atoms with Crippen LogP contribution in [0.3, 0.4) is 0 Å². The lowest BCUT2D eigenvalue weighted by atomic mass is 10.1. The summed E-state index contributed by atoms with van der Waals surface area (Å²) in [6, 6.07) is 12.9. The van der Waals surface area contributed by atoms with Crippen molar-refractivity contribution in [3.63, 3.8) is 0 Å². The lowest BCUT2D eigenvalue weighted by Crippen LogP contribution is -2.40. The SMILES string of the molecule is Cn1c(=O)c(Cc2ccc(C(=N)N)cc2)nc2cc(N(C(=O)Cc3nn[nH]n3)C3CCCC3)ccc21. The van der Waals surface area contributed by atoms with Gasteiger partial charge in [0, 0.05) is 30.8 Å². The molecule has 2 aromatic heterocycles. The molecule has 1 aliphatic carbocycles. The van der Waals surface area contributed by atoms with Gasteiger partial charge in [-0.05, 0) is 36.6 Å². The van der Waals surface area contributed by atoms with E-state index in [4.69, 9.17) is 16.1 Å². The molecule has 4 aromatic rings. The zero-order valence-electron chi connectivity index (χ0n) is 19.9. The first-order valence-corrected chi connectivity index (χ1v) is 11.9. The number of carbonyl (C=O) groups excluding carboxylic acids is 1. The standard InChI is InChI=1S/C25H27N9O2/c1-33-21-11-10-18(34(17-4-2-3-5-17)23(35)14-22-29-31-32-30-22)13-19(21)28-20(25(33)36)12-15-6-8-16(9-7-15)24(26)27/h6-11,13,17H,2-5,12,14H2,1H3,(H3,26,27)(H,29,30,31,32). The summed E-state index contributed by atoms with van der Waals surface area (Å²) in [6.07, 6.45) is 4.39. The zero-order valence-corrected chi connectivity index (χ0v) is 19.9. The number of nitrogen functional groups attached to an aromatic ring is 1. The van der Waals surface area contributed by atoms with Crippen LogP contribution in [0.25, 0.3) is 11.0 Å². The maximum Gasteiger partial charge on any atom is 0.272 e. The van der Waals surface area contributed by atoms with Gasteiger partial charge in [0.15, 0.2) is 5.82 Å². The Morgan fingerprint density at radius 3 is 2.61 bits per heavy atom. The van der Waals surface area contributed by atoms with Crippen LogP contribution in [-0.4, -0.2) is 48.0 Å². The van der Waals surface area contributed by atoms with Gasteiger partial charge in [0.05, 0.1) is 17.5 Å². The molecule has 5 rings (SSSR count). The van der Waals surface area contributed by atoms with Crippen LogP contribution >= 0.6 is 0 Å². The number of tetrazole rings is 1. The van der Waals surface area contributed by atoms with E-state index in [1.165, 1.54) is 0 Å². The van der Waals surface area contributed by atoms with E-state index in [-0.39, 0.29) is 29.8 Å². The van der Waals surface area contributed by atoms with Crippen molar-refractivity contribution in [1.29, 1.82) is 5.41 Å². The average molecular weight is 486 g/mol. The molecule has 0 aliphatic heterocycles. The van der Waals surface area contributed by atoms with Crippen molar-refractivity contribution in [2.75, 3.05) is 4.90 Å². The number of H-pyrrole nitrogens is 1. The molecule has 1 saturated carbocycles. The first-order chi connectivity index (χ1) is 17.4. The molecule has 0 atom stereocenters. The number of hydrogen-bond donors (Lipinski definition) is 3. The number of nitrogens with two attached hydrogens (primary N) is 1. The number of fused-ring (bicyclic) bond motifs is 1. The van der Waals surface area contributed by atoms with E-state index in [1.807, 2.05) is 35.2 Å². The van der Waals surface area contributed by atoms with E-state index in [0.717, 1.165) is 36.9 Å². The van der Waals surface area contributed by atoms with Crippen molar-refractivity contribution in [3.8, 4) is 0 Å². The molecule has 0 spiro atoms. The maximum absolute atomic E-state index is 13.3. The number of rotatable bonds is 7. The third-order valence-electron chi connectivity index (χ3n) is 6.70. The highest BCUT2D eigenvalue weighted by Crippen LogP contribution is 2.30. The summed E-state index contributed by atoms with van der Waals surface area (Å²) in [5.41, 5.74) is 9.36. The van der Waals surface area contributed by atoms with Crippen molar-refractivity contribution in [3.05, 3.63) is 75.5 Å². The van der Waals surface area contributed by atoms with Gasteiger partial charge < -0.3 is 15.2 Å². The Bertz CT molecular complexity index is 1470. The molecule has 1 fully saturated rings. The molecule has 4 N–H and O–H groups in total. The lowest BCUT2D eigenvalue weighted by molar-refractivity contribution is -0.118. The Hall–Kier alpha value is -4.41. The van der Waals surface area contributed by atoms with Gasteiger partial charge in [-0.2, -0.15) is 5.21 Å². The minimum Gasteiger partial charge on any atom is -0.384 e. The van der Waals surface area contributed by atoms with Crippen LogP contribution in [0.5, 0.6) is 0 Å². The van der Waals surface area contributed by atoms with E-state index < -0.39 is 0 Å². The van der Waals surface area contributed by atoms with Crippen LogP contribution in [0.4, 0.5) is 5.69 Å². The minimum atomic E-state index is -0.174. The number of amides is 1. The summed E-state index contributed by atoms with van der Waals surface area (Å²) in [7, 11) is 1.73. The molecule has 0 radical (unpaired) electrons. The van der Waals surface area contributed by atoms with Crippen molar-refractivity contribution in [2.45, 2.75) is 44.6 Å². The van der Waals surface area contributed by atoms with Crippen molar-refractivity contribution in [1.82, 2.24) is 30.2 Å². The molecular formula is C25H27N9O2. The Morgan fingerprint density at radius 1 is 1.19 bits per heavy atom. The van der Waals surface area contributed by atoms with E-state index >= 15 is 0 Å². The fraction of sp³-hybridized carbons (Fsp3) is 0.320. The number of aryl methyl sites for hydroxylation is 1. The molecule has 0 saturated heterocycles. The number of anilines is 1. The van der Waals surface area contributed by atoms with Crippen molar-refractivity contribution in [2.24, 2.45) is 12.8 Å². The predicted octanol–water partition coefficient (Wildman–Crippen LogP) is 1.84. The molecule has 11 heteroatoms. The fourth-order valence-corrected chi connectivity index (χ4v) is 4.84. The van der Waals surface area contributed by atoms with E-state index in [2.05, 4.69) is 20.6 Å². The number of aromatic amines is 1. The van der Waals surface area contributed by atoms with Gasteiger partial charge in [0.1, 0.15) is 11.5 Å². The molecule has 0 unspecified atom stereocenters. The molecule has 2 aromatic carbocycles. The molecule has 36 heavy (non-hydrogen) atoms. The lowest BCUT2D eigenvalue weighted by Gasteiger charge is -2.29. The summed E-state index contributed by atoms with van der Waals surface area (Å²) in [4.78, 5) is 32.9. The normalized spacial score (nSPS) is 13.8. The Morgan fingerprint density at radius 2 is 1.94 bits per heavy atom. The number of benzene rings is 2. The fourth-order valence-electron chi connectivity index (χ4n) is 4.84. The number of hydrogen-bond acceptors (Lipinski definition) is 7. The van der Waals surface area contributed by atoms with Gasteiger partial charge in [-0.3, -0.25) is 15.0 Å². The summed E-state index contributed by atoms with van der Waals surface area (Å²) in [5.74, 6) is 0.246. The summed E-state index contributed by atoms with van der Waals surface area (Å²) in [5, 5.41) is 21.4. The highest BCUT2D eigenvalue weighted by atomic mass is 16.2. The number of nitrogens with zero attached hydrogens (tertiary/aromatic N) is 6. The van der Waals surface area contributed by atoms with Crippen LogP contribution in [0.1, 0.15) is 48.3 Å². The molecule has 1 amide bonds. The summed E-state index contributed by atoms with van der Waals surface area (Å²) < 4.78 is 1.59. The third-order valence-corrected chi connectivity index (χ3v) is 6.70. The van der Waals surface area contributed by atoms with Crippen LogP contribution in [0, 0.1) is 5.41 Å². The predicted molar refractivity (Wildman–Crippen MR) is 135 cm³/mol. The number of aromatic nitrogens is 6. The summed E-state index contributed by atoms with van der Waals surface area (Å²) >= 11 is 0. The van der Waals surface area contributed by atoms with Crippen LogP contribution in [0.15, 0.2) is 47.3 Å². The smallest absolute Gasteiger partial charge is 0.272 e. The highest BCUT2D eigenvalue weighted by molar-refractivity contribution is 5.97. The second-order valence-corrected chi connectivity index (χ2v) is 9.09. The minimum absolute atomic E-state index is 0.00507. The van der Waals surface area contributed by atoms with Crippen LogP contribution < -0.4 is 16.2 Å². The Labute approximate surface area is 206 Å². The van der Waals surface area contributed by atoms with Crippen molar-refractivity contribution >= 4 is 28.5 Å². The van der Waals surface area contributed by atoms with Crippen molar-refractivity contribution < 1.29 is 4.79 Å². The number of carbonyl (C=O) groups is 1. The van der Waals surface area contributed by atoms with Gasteiger partial charge in [-0.1, -0.05) is 42.3 Å². The van der Waals surface area contributed by atoms with Gasteiger partial charge in [-0.25, -0.2) is 4.98 Å². The summed E-state index contributed by atoms with van der Waals surface area (Å²) in [6.45, 7) is 0. The number of amidine groups is 1. The highest BCUT2D eigenvalue weighted by Gasteiger charge is 2.29. The Balaban J connectivity index is 1.51. The average Bonchev–Trinajstić information content (AvgIpc) is 3.58. The van der Waals surface area contributed by atoms with Gasteiger partial charge in [0.25, 0.3) is 5.56 Å². The molecule has 2 heterocycles. The van der Waals surface area contributed by atoms with E-state index in [9.17, 15) is 9.59 Å². The third kappa shape index (κ3) is 4.59. The molecular weight excluding hydrogens is 458 g/mol. The molecule has 184 valence electrons. The second-order valence-electron chi connectivity index (χ2n) is 9.09. The van der Waals surface area contributed by atoms with Gasteiger partial charge >= 0.3 is 0 Å². The molecule has 11 nitrogen and oxygen atoms in total. The first kappa shape index (κ1) is 23.3. The quantitative estimate of drug-likeness (QED) is 0.266. The largest absolute Gasteiger partial charge is 0.384 e. The zero-order chi connectivity index (χ0) is 25.2. The molecule has 1 aliphatic rings. The maximum atomic E-state index is 13.3. The monoisotopic (exact) mass is 485 g/mol. The first-order valence-electron chi connectivity index (χ1n) is 11.9. The van der Waals surface area contributed by atoms with Crippen LogP contribution in [0.2, 0.25) is 0 Å². The van der Waals surface area contributed by atoms with Crippen LogP contribution in [-0.2, 0) is 24.7 Å². The second kappa shape index (κ2) is 9.68. The van der Waals surface area contributed by atoms with Gasteiger partial charge in [0.2, 0.25) is 5.91 Å². The van der Waals surface area contributed by atoms with E-state index in [0.29, 0.717) is 34.5 Å². The van der Waals surface area contributed by atoms with E-state index in [1.54, 1.807) is 23.7 Å². The Kier molecular flexibility index (Phi) is 6.28.